The first-order valence-electron chi connectivity index (χ1n) is 6.14. The van der Waals surface area contributed by atoms with Crippen LogP contribution in [0.5, 0.6) is 5.75 Å². The van der Waals surface area contributed by atoms with Crippen molar-refractivity contribution in [3.05, 3.63) is 64.5 Å². The molecular formula is C16H12O4. The highest BCUT2D eigenvalue weighted by Gasteiger charge is 2.12. The van der Waals surface area contributed by atoms with Crippen LogP contribution in [0.2, 0.25) is 0 Å². The van der Waals surface area contributed by atoms with E-state index in [1.807, 2.05) is 0 Å². The van der Waals surface area contributed by atoms with E-state index in [1.165, 1.54) is 12.3 Å². The third kappa shape index (κ3) is 1.96. The molecule has 0 spiro atoms. The molecule has 3 rings (SSSR count). The molecule has 0 radical (unpaired) electrons. The molecule has 0 saturated heterocycles. The van der Waals surface area contributed by atoms with E-state index >= 15 is 0 Å². The first-order chi connectivity index (χ1) is 9.70. The number of rotatable bonds is 2. The zero-order valence-electron chi connectivity index (χ0n) is 10.5. The number of aliphatic hydroxyl groups is 1. The van der Waals surface area contributed by atoms with Crippen LogP contribution in [-0.4, -0.2) is 10.2 Å². The first kappa shape index (κ1) is 12.4. The molecule has 0 unspecified atom stereocenters. The van der Waals surface area contributed by atoms with Crippen LogP contribution in [0.3, 0.4) is 0 Å². The maximum absolute atomic E-state index is 12.5. The topological polar surface area (TPSA) is 70.7 Å². The van der Waals surface area contributed by atoms with Gasteiger partial charge in [-0.1, -0.05) is 24.3 Å². The summed E-state index contributed by atoms with van der Waals surface area (Å²) in [5.41, 5.74) is 1.58. The summed E-state index contributed by atoms with van der Waals surface area (Å²) in [6, 6.07) is 11.5. The van der Waals surface area contributed by atoms with Crippen molar-refractivity contribution in [3.8, 4) is 16.9 Å². The molecule has 100 valence electrons. The van der Waals surface area contributed by atoms with Crippen molar-refractivity contribution in [2.24, 2.45) is 0 Å². The van der Waals surface area contributed by atoms with E-state index in [0.29, 0.717) is 27.7 Å². The molecule has 0 fully saturated rings. The predicted molar refractivity (Wildman–Crippen MR) is 75.5 cm³/mol. The number of benzene rings is 2. The molecule has 0 bridgehead atoms. The maximum atomic E-state index is 12.5. The summed E-state index contributed by atoms with van der Waals surface area (Å²) in [4.78, 5) is 12.5. The standard InChI is InChI=1S/C16H12O4/c17-8-10-5-6-15-12(7-10)16(19)13(9-20-15)11-3-1-2-4-14(11)18/h1-7,9,17-18H,8H2. The Hall–Kier alpha value is -2.59. The van der Waals surface area contributed by atoms with Crippen LogP contribution in [0.15, 0.2) is 57.9 Å². The molecule has 0 aliphatic heterocycles. The summed E-state index contributed by atoms with van der Waals surface area (Å²) in [5, 5.41) is 19.4. The minimum Gasteiger partial charge on any atom is -0.507 e. The average molecular weight is 268 g/mol. The van der Waals surface area contributed by atoms with Crippen molar-refractivity contribution in [1.29, 1.82) is 0 Å². The first-order valence-corrected chi connectivity index (χ1v) is 6.14. The van der Waals surface area contributed by atoms with Crippen molar-refractivity contribution in [1.82, 2.24) is 0 Å². The summed E-state index contributed by atoms with van der Waals surface area (Å²) < 4.78 is 5.44. The number of phenolic OH excluding ortho intramolecular Hbond substituents is 1. The van der Waals surface area contributed by atoms with Crippen LogP contribution in [-0.2, 0) is 6.61 Å². The summed E-state index contributed by atoms with van der Waals surface area (Å²) in [6.07, 6.45) is 1.35. The molecule has 4 nitrogen and oxygen atoms in total. The van der Waals surface area contributed by atoms with Gasteiger partial charge in [-0.2, -0.15) is 0 Å². The largest absolute Gasteiger partial charge is 0.507 e. The van der Waals surface area contributed by atoms with E-state index in [4.69, 9.17) is 9.52 Å². The van der Waals surface area contributed by atoms with Crippen molar-refractivity contribution >= 4 is 11.0 Å². The maximum Gasteiger partial charge on any atom is 0.200 e. The Bertz CT molecular complexity index is 833. The van der Waals surface area contributed by atoms with E-state index in [-0.39, 0.29) is 17.8 Å². The van der Waals surface area contributed by atoms with Gasteiger partial charge in [0.25, 0.3) is 0 Å². The zero-order chi connectivity index (χ0) is 14.1. The molecule has 2 N–H and O–H groups in total. The molecular weight excluding hydrogens is 256 g/mol. The van der Waals surface area contributed by atoms with E-state index < -0.39 is 0 Å². The summed E-state index contributed by atoms with van der Waals surface area (Å²) in [7, 11) is 0. The van der Waals surface area contributed by atoms with Crippen LogP contribution >= 0.6 is 0 Å². The molecule has 4 heteroatoms. The molecule has 0 aliphatic carbocycles. The van der Waals surface area contributed by atoms with E-state index in [2.05, 4.69) is 0 Å². The highest BCUT2D eigenvalue weighted by Crippen LogP contribution is 2.27. The smallest absolute Gasteiger partial charge is 0.200 e. The van der Waals surface area contributed by atoms with Gasteiger partial charge in [0.15, 0.2) is 0 Å². The minimum absolute atomic E-state index is 0.0254. The fraction of sp³-hybridized carbons (Fsp3) is 0.0625. The predicted octanol–water partition coefficient (Wildman–Crippen LogP) is 2.66. The second-order valence-electron chi connectivity index (χ2n) is 4.48. The number of hydrogen-bond acceptors (Lipinski definition) is 4. The number of aromatic hydroxyl groups is 1. The number of para-hydroxylation sites is 1. The lowest BCUT2D eigenvalue weighted by Crippen LogP contribution is -2.05. The molecule has 0 saturated carbocycles. The summed E-state index contributed by atoms with van der Waals surface area (Å²) in [5.74, 6) is 0.0254. The normalized spacial score (nSPS) is 10.8. The van der Waals surface area contributed by atoms with Crippen LogP contribution in [0.1, 0.15) is 5.56 Å². The van der Waals surface area contributed by atoms with E-state index in [0.717, 1.165) is 0 Å². The number of aliphatic hydroxyl groups excluding tert-OH is 1. The number of hydrogen-bond donors (Lipinski definition) is 2. The highest BCUT2D eigenvalue weighted by molar-refractivity contribution is 5.83. The van der Waals surface area contributed by atoms with Gasteiger partial charge in [-0.05, 0) is 23.8 Å². The third-order valence-corrected chi connectivity index (χ3v) is 3.21. The van der Waals surface area contributed by atoms with Gasteiger partial charge in [0, 0.05) is 5.56 Å². The van der Waals surface area contributed by atoms with Gasteiger partial charge < -0.3 is 14.6 Å². The van der Waals surface area contributed by atoms with Gasteiger partial charge in [-0.3, -0.25) is 4.79 Å². The molecule has 0 aliphatic rings. The Morgan fingerprint density at radius 2 is 1.85 bits per heavy atom. The van der Waals surface area contributed by atoms with Gasteiger partial charge in [0.05, 0.1) is 17.6 Å². The highest BCUT2D eigenvalue weighted by atomic mass is 16.3. The molecule has 3 aromatic rings. The Labute approximate surface area is 114 Å². The van der Waals surface area contributed by atoms with Crippen LogP contribution in [0.25, 0.3) is 22.1 Å². The van der Waals surface area contributed by atoms with Crippen molar-refractivity contribution in [3.63, 3.8) is 0 Å². The monoisotopic (exact) mass is 268 g/mol. The molecule has 2 aromatic carbocycles. The quantitative estimate of drug-likeness (QED) is 0.749. The van der Waals surface area contributed by atoms with Gasteiger partial charge in [0.2, 0.25) is 5.43 Å². The molecule has 1 heterocycles. The lowest BCUT2D eigenvalue weighted by atomic mass is 10.0. The Morgan fingerprint density at radius 1 is 1.05 bits per heavy atom. The van der Waals surface area contributed by atoms with E-state index in [1.54, 1.807) is 36.4 Å². The van der Waals surface area contributed by atoms with Crippen molar-refractivity contribution in [2.45, 2.75) is 6.61 Å². The number of phenols is 1. The lowest BCUT2D eigenvalue weighted by Gasteiger charge is -2.05. The third-order valence-electron chi connectivity index (χ3n) is 3.21. The van der Waals surface area contributed by atoms with Crippen molar-refractivity contribution in [2.75, 3.05) is 0 Å². The van der Waals surface area contributed by atoms with Crippen LogP contribution in [0.4, 0.5) is 0 Å². The van der Waals surface area contributed by atoms with Gasteiger partial charge in [-0.15, -0.1) is 0 Å². The Balaban J connectivity index is 2.31. The van der Waals surface area contributed by atoms with Gasteiger partial charge >= 0.3 is 0 Å². The fourth-order valence-electron chi connectivity index (χ4n) is 2.16. The second kappa shape index (κ2) is 4.83. The lowest BCUT2D eigenvalue weighted by molar-refractivity contribution is 0.282. The molecule has 0 atom stereocenters. The fourth-order valence-corrected chi connectivity index (χ4v) is 2.16. The molecule has 1 aromatic heterocycles. The Kier molecular flexibility index (Phi) is 3.00. The Morgan fingerprint density at radius 3 is 2.60 bits per heavy atom. The summed E-state index contributed by atoms with van der Waals surface area (Å²) >= 11 is 0. The van der Waals surface area contributed by atoms with E-state index in [9.17, 15) is 9.90 Å². The molecule has 20 heavy (non-hydrogen) atoms. The second-order valence-corrected chi connectivity index (χ2v) is 4.48. The summed E-state index contributed by atoms with van der Waals surface area (Å²) in [6.45, 7) is -0.143. The van der Waals surface area contributed by atoms with Crippen molar-refractivity contribution < 1.29 is 14.6 Å². The number of fused-ring (bicyclic) bond motifs is 1. The van der Waals surface area contributed by atoms with Crippen LogP contribution in [0, 0.1) is 0 Å². The van der Waals surface area contributed by atoms with Crippen LogP contribution < -0.4 is 5.43 Å². The SMILES string of the molecule is O=c1c(-c2ccccc2O)coc2ccc(CO)cc12. The van der Waals surface area contributed by atoms with Gasteiger partial charge in [-0.25, -0.2) is 0 Å². The van der Waals surface area contributed by atoms with Gasteiger partial charge in [0.1, 0.15) is 17.6 Å². The zero-order valence-corrected chi connectivity index (χ0v) is 10.5. The minimum atomic E-state index is -0.233. The molecule has 0 amide bonds. The average Bonchev–Trinajstić information content (AvgIpc) is 2.48.